The Labute approximate surface area is 160 Å². The van der Waals surface area contributed by atoms with E-state index in [0.29, 0.717) is 27.6 Å². The monoisotopic (exact) mass is 388 g/mol. The van der Waals surface area contributed by atoms with Crippen molar-refractivity contribution in [2.24, 2.45) is 0 Å². The molecule has 1 unspecified atom stereocenters. The van der Waals surface area contributed by atoms with Gasteiger partial charge in [0.15, 0.2) is 18.1 Å². The number of carbonyl (C=O) groups is 2. The number of hydrogen-bond acceptors (Lipinski definition) is 6. The highest BCUT2D eigenvalue weighted by Crippen LogP contribution is 2.31. The van der Waals surface area contributed by atoms with Crippen LogP contribution in [0.15, 0.2) is 41.1 Å². The molecule has 0 radical (unpaired) electrons. The number of ether oxygens (including phenoxy) is 2. The van der Waals surface area contributed by atoms with Gasteiger partial charge in [-0.25, -0.2) is 9.78 Å². The first-order valence-electron chi connectivity index (χ1n) is 8.09. The lowest BCUT2D eigenvalue weighted by Gasteiger charge is -2.16. The fraction of sp³-hybridized carbons (Fsp3) is 0.211. The van der Waals surface area contributed by atoms with Crippen molar-refractivity contribution in [2.45, 2.75) is 20.0 Å². The third-order valence-electron chi connectivity index (χ3n) is 3.97. The van der Waals surface area contributed by atoms with Crippen molar-refractivity contribution in [1.82, 2.24) is 4.98 Å². The summed E-state index contributed by atoms with van der Waals surface area (Å²) in [5.41, 5.74) is 2.27. The Hall–Kier alpha value is -3.06. The number of aromatic nitrogens is 1. The molecule has 0 aliphatic carbocycles. The van der Waals surface area contributed by atoms with Crippen LogP contribution in [0.3, 0.4) is 0 Å². The molecular weight excluding hydrogens is 372 g/mol. The van der Waals surface area contributed by atoms with Crippen LogP contribution in [-0.2, 0) is 9.53 Å². The smallest absolute Gasteiger partial charge is 0.341 e. The van der Waals surface area contributed by atoms with E-state index in [1.807, 2.05) is 0 Å². The molecule has 8 heteroatoms. The van der Waals surface area contributed by atoms with Crippen LogP contribution in [0.4, 0.5) is 5.69 Å². The summed E-state index contributed by atoms with van der Waals surface area (Å²) in [5, 5.41) is 3.20. The summed E-state index contributed by atoms with van der Waals surface area (Å²) in [4.78, 5) is 28.9. The van der Waals surface area contributed by atoms with Gasteiger partial charge in [-0.1, -0.05) is 17.7 Å². The van der Waals surface area contributed by atoms with Crippen molar-refractivity contribution >= 4 is 40.3 Å². The van der Waals surface area contributed by atoms with E-state index in [0.717, 1.165) is 5.56 Å². The molecule has 1 heterocycles. The van der Waals surface area contributed by atoms with E-state index in [1.54, 1.807) is 37.3 Å². The van der Waals surface area contributed by atoms with Crippen molar-refractivity contribution in [3.8, 4) is 5.75 Å². The summed E-state index contributed by atoms with van der Waals surface area (Å²) in [6, 6.07) is 8.18. The molecule has 0 aliphatic heterocycles. The number of anilines is 1. The number of benzene rings is 2. The fourth-order valence-electron chi connectivity index (χ4n) is 2.49. The molecule has 27 heavy (non-hydrogen) atoms. The van der Waals surface area contributed by atoms with Crippen LogP contribution in [0.25, 0.3) is 11.1 Å². The van der Waals surface area contributed by atoms with Gasteiger partial charge in [0.05, 0.1) is 18.4 Å². The van der Waals surface area contributed by atoms with Crippen LogP contribution in [0.5, 0.6) is 5.75 Å². The van der Waals surface area contributed by atoms with Gasteiger partial charge < -0.3 is 19.2 Å². The lowest BCUT2D eigenvalue weighted by molar-refractivity contribution is -0.123. The van der Waals surface area contributed by atoms with E-state index in [4.69, 9.17) is 25.5 Å². The number of rotatable bonds is 5. The number of esters is 1. The zero-order valence-electron chi connectivity index (χ0n) is 14.9. The van der Waals surface area contributed by atoms with Gasteiger partial charge in [0, 0.05) is 11.1 Å². The highest BCUT2D eigenvalue weighted by Gasteiger charge is 2.22. The molecule has 2 aromatic carbocycles. The lowest BCUT2D eigenvalue weighted by Crippen LogP contribution is -2.30. The minimum atomic E-state index is -1.04. The van der Waals surface area contributed by atoms with Gasteiger partial charge in [-0.05, 0) is 37.6 Å². The SMILES string of the molecule is COc1cc(Cl)c(C)cc1NC(=O)C(C)OC(=O)c1cccc2ocnc12. The first-order valence-corrected chi connectivity index (χ1v) is 8.46. The van der Waals surface area contributed by atoms with Crippen LogP contribution in [0, 0.1) is 6.92 Å². The number of halogens is 1. The molecule has 1 amide bonds. The van der Waals surface area contributed by atoms with Gasteiger partial charge in [0.1, 0.15) is 11.3 Å². The maximum atomic E-state index is 12.4. The second-order valence-corrected chi connectivity index (χ2v) is 6.25. The number of fused-ring (bicyclic) bond motifs is 1. The molecule has 0 fully saturated rings. The molecule has 0 bridgehead atoms. The normalized spacial score (nSPS) is 11.9. The molecule has 1 aromatic heterocycles. The van der Waals surface area contributed by atoms with Gasteiger partial charge in [-0.3, -0.25) is 4.79 Å². The van der Waals surface area contributed by atoms with Gasteiger partial charge in [-0.2, -0.15) is 0 Å². The Morgan fingerprint density at radius 1 is 1.30 bits per heavy atom. The number of nitrogens with one attached hydrogen (secondary N) is 1. The van der Waals surface area contributed by atoms with Gasteiger partial charge >= 0.3 is 5.97 Å². The summed E-state index contributed by atoms with van der Waals surface area (Å²) in [5.74, 6) is -0.767. The Kier molecular flexibility index (Phi) is 5.32. The van der Waals surface area contributed by atoms with Gasteiger partial charge in [0.2, 0.25) is 0 Å². The van der Waals surface area contributed by atoms with Crippen molar-refractivity contribution < 1.29 is 23.5 Å². The summed E-state index contributed by atoms with van der Waals surface area (Å²) in [6.45, 7) is 3.28. The first-order chi connectivity index (χ1) is 12.9. The van der Waals surface area contributed by atoms with E-state index in [9.17, 15) is 9.59 Å². The minimum absolute atomic E-state index is 0.223. The number of hydrogen-bond donors (Lipinski definition) is 1. The van der Waals surface area contributed by atoms with Crippen molar-refractivity contribution in [3.63, 3.8) is 0 Å². The summed E-state index contributed by atoms with van der Waals surface area (Å²) < 4.78 is 15.7. The zero-order chi connectivity index (χ0) is 19.6. The van der Waals surface area contributed by atoms with E-state index in [-0.39, 0.29) is 5.56 Å². The predicted octanol–water partition coefficient (Wildman–Crippen LogP) is 3.98. The summed E-state index contributed by atoms with van der Waals surface area (Å²) >= 11 is 6.06. The van der Waals surface area contributed by atoms with Gasteiger partial charge in [-0.15, -0.1) is 0 Å². The van der Waals surface area contributed by atoms with Crippen molar-refractivity contribution in [2.75, 3.05) is 12.4 Å². The number of carbonyl (C=O) groups excluding carboxylic acids is 2. The second kappa shape index (κ2) is 7.67. The Morgan fingerprint density at radius 3 is 2.81 bits per heavy atom. The fourth-order valence-corrected chi connectivity index (χ4v) is 2.65. The first kappa shape index (κ1) is 18.7. The largest absolute Gasteiger partial charge is 0.495 e. The number of para-hydroxylation sites is 1. The van der Waals surface area contributed by atoms with Crippen molar-refractivity contribution in [1.29, 1.82) is 0 Å². The third-order valence-corrected chi connectivity index (χ3v) is 4.38. The van der Waals surface area contributed by atoms with Crippen LogP contribution in [0.1, 0.15) is 22.8 Å². The van der Waals surface area contributed by atoms with E-state index in [1.165, 1.54) is 20.4 Å². The zero-order valence-corrected chi connectivity index (χ0v) is 15.7. The predicted molar refractivity (Wildman–Crippen MR) is 100 cm³/mol. The molecule has 3 aromatic rings. The van der Waals surface area contributed by atoms with Gasteiger partial charge in [0.25, 0.3) is 5.91 Å². The number of aryl methyl sites for hydroxylation is 1. The Balaban J connectivity index is 1.74. The number of methoxy groups -OCH3 is 1. The lowest BCUT2D eigenvalue weighted by atomic mass is 10.2. The molecular formula is C19H17ClN2O5. The quantitative estimate of drug-likeness (QED) is 0.665. The molecule has 0 aliphatic rings. The summed E-state index contributed by atoms with van der Waals surface area (Å²) in [7, 11) is 1.47. The highest BCUT2D eigenvalue weighted by atomic mass is 35.5. The van der Waals surface area contributed by atoms with Crippen LogP contribution < -0.4 is 10.1 Å². The molecule has 0 saturated carbocycles. The molecule has 0 spiro atoms. The van der Waals surface area contributed by atoms with Crippen LogP contribution >= 0.6 is 11.6 Å². The molecule has 3 rings (SSSR count). The van der Waals surface area contributed by atoms with Crippen LogP contribution in [-0.4, -0.2) is 30.1 Å². The number of amides is 1. The Morgan fingerprint density at radius 2 is 2.07 bits per heavy atom. The average molecular weight is 389 g/mol. The van der Waals surface area contributed by atoms with E-state index >= 15 is 0 Å². The maximum Gasteiger partial charge on any atom is 0.341 e. The molecule has 1 N–H and O–H groups in total. The van der Waals surface area contributed by atoms with E-state index < -0.39 is 18.0 Å². The molecule has 140 valence electrons. The minimum Gasteiger partial charge on any atom is -0.495 e. The average Bonchev–Trinajstić information content (AvgIpc) is 3.12. The Bertz CT molecular complexity index is 1010. The topological polar surface area (TPSA) is 90.7 Å². The van der Waals surface area contributed by atoms with Crippen molar-refractivity contribution in [3.05, 3.63) is 52.9 Å². The molecule has 0 saturated heterocycles. The molecule has 7 nitrogen and oxygen atoms in total. The number of oxazole rings is 1. The maximum absolute atomic E-state index is 12.4. The highest BCUT2D eigenvalue weighted by molar-refractivity contribution is 6.31. The number of nitrogens with zero attached hydrogens (tertiary/aromatic N) is 1. The standard InChI is InChI=1S/C19H17ClN2O5/c1-10-7-14(16(25-3)8-13(10)20)22-18(23)11(2)27-19(24)12-5-4-6-15-17(12)21-9-26-15/h4-9,11H,1-3H3,(H,22,23). The molecule has 1 atom stereocenters. The third kappa shape index (κ3) is 3.88. The van der Waals surface area contributed by atoms with E-state index in [2.05, 4.69) is 10.3 Å². The summed E-state index contributed by atoms with van der Waals surface area (Å²) in [6.07, 6.45) is 0.201. The second-order valence-electron chi connectivity index (χ2n) is 5.84. The van der Waals surface area contributed by atoms with Crippen LogP contribution in [0.2, 0.25) is 5.02 Å².